The van der Waals surface area contributed by atoms with Gasteiger partial charge in [-0.2, -0.15) is 0 Å². The molecule has 1 nitrogen and oxygen atoms in total. The molecule has 0 aliphatic heterocycles. The van der Waals surface area contributed by atoms with Crippen LogP contribution in [0.1, 0.15) is 6.92 Å². The summed E-state index contributed by atoms with van der Waals surface area (Å²) < 4.78 is 45.2. The van der Waals surface area contributed by atoms with Gasteiger partial charge in [0.25, 0.3) is 0 Å². The van der Waals surface area contributed by atoms with Gasteiger partial charge in [0.05, 0.1) is 5.75 Å². The summed E-state index contributed by atoms with van der Waals surface area (Å²) in [6, 6.07) is 9.42. The van der Waals surface area contributed by atoms with Crippen LogP contribution in [-0.4, -0.2) is 13.1 Å². The van der Waals surface area contributed by atoms with Gasteiger partial charge in [-0.15, -0.1) is 0 Å². The molecule has 0 fully saturated rings. The fourth-order valence-electron chi connectivity index (χ4n) is 1.96. The van der Waals surface area contributed by atoms with Crippen LogP contribution in [0.3, 0.4) is 0 Å². The predicted octanol–water partition coefficient (Wildman–Crippen LogP) is 0.851. The first-order valence-electron chi connectivity index (χ1n) is 5.94. The van der Waals surface area contributed by atoms with Crippen molar-refractivity contribution < 1.29 is 69.1 Å². The molecule has 1 atom stereocenters. The number of benzene rings is 2. The third-order valence-corrected chi connectivity index (χ3v) is 2.90. The van der Waals surface area contributed by atoms with E-state index >= 15 is 0 Å². The zero-order valence-electron chi connectivity index (χ0n) is 11.4. The van der Waals surface area contributed by atoms with Gasteiger partial charge in [0.15, 0.2) is 0 Å². The molecule has 2 aromatic carbocycles. The minimum atomic E-state index is -5.15. The molecule has 0 N–H and O–H groups in total. The van der Waals surface area contributed by atoms with E-state index in [1.165, 1.54) is 18.2 Å². The molecule has 0 aromatic heterocycles. The maximum absolute atomic E-state index is 13.3. The van der Waals surface area contributed by atoms with Gasteiger partial charge in [0.1, 0.15) is 6.10 Å². The molecule has 1 unspecified atom stereocenters. The molecule has 2 aromatic rings. The summed E-state index contributed by atoms with van der Waals surface area (Å²) in [4.78, 5) is 0. The van der Waals surface area contributed by atoms with Crippen LogP contribution in [-0.2, 0) is 0 Å². The Labute approximate surface area is 158 Å². The van der Waals surface area contributed by atoms with E-state index in [2.05, 4.69) is 6.58 Å². The van der Waals surface area contributed by atoms with Crippen LogP contribution in [0.25, 0.3) is 10.8 Å². The van der Waals surface area contributed by atoms with Gasteiger partial charge in [-0.1, -0.05) is 48.4 Å². The van der Waals surface area contributed by atoms with Gasteiger partial charge in [-0.05, 0) is 23.8 Å². The van der Waals surface area contributed by atoms with E-state index in [9.17, 15) is 12.9 Å². The molecule has 0 bridgehead atoms. The van der Waals surface area contributed by atoms with Gasteiger partial charge in [0, 0.05) is 0 Å². The first-order valence-corrected chi connectivity index (χ1v) is 5.94. The van der Waals surface area contributed by atoms with Crippen molar-refractivity contribution in [1.82, 2.24) is 0 Å². The van der Waals surface area contributed by atoms with Crippen LogP contribution >= 0.6 is 0 Å². The van der Waals surface area contributed by atoms with Crippen molar-refractivity contribution in [3.05, 3.63) is 49.1 Å². The summed E-state index contributed by atoms with van der Waals surface area (Å²) in [6.45, 7) is 0.0127. The van der Waals surface area contributed by atoms with E-state index in [-0.39, 0.29) is 62.5 Å². The number of halogens is 3. The number of hydrogen-bond donors (Lipinski definition) is 0. The Morgan fingerprint density at radius 2 is 1.80 bits per heavy atom. The zero-order valence-corrected chi connectivity index (χ0v) is 14.6. The third kappa shape index (κ3) is 3.89. The Kier molecular flexibility index (Phi) is 6.34. The van der Waals surface area contributed by atoms with Crippen LogP contribution in [0.4, 0.5) is 12.9 Å². The summed E-state index contributed by atoms with van der Waals surface area (Å²) in [5.74, 6) is -0.140. The largest absolute Gasteiger partial charge is 1.00 e. The molecule has 100 valence electrons. The number of rotatable bonds is 4. The van der Waals surface area contributed by atoms with Crippen molar-refractivity contribution in [3.63, 3.8) is 0 Å². The van der Waals surface area contributed by atoms with Crippen molar-refractivity contribution in [2.24, 2.45) is 0 Å². The van der Waals surface area contributed by atoms with Crippen molar-refractivity contribution in [2.45, 2.75) is 13.0 Å². The van der Waals surface area contributed by atoms with Gasteiger partial charge < -0.3 is 17.7 Å². The maximum Gasteiger partial charge on any atom is 1.00 e. The smallest absolute Gasteiger partial charge is 0.490 e. The molecule has 0 heterocycles. The third-order valence-electron chi connectivity index (χ3n) is 2.90. The first kappa shape index (κ1) is 17.8. The van der Waals surface area contributed by atoms with Crippen LogP contribution < -0.4 is 61.6 Å². The average molecular weight is 304 g/mol. The second kappa shape index (κ2) is 7.13. The molecule has 0 saturated carbocycles. The molecule has 0 spiro atoms. The number of ether oxygens (including phenoxy) is 1. The SMILES string of the molecule is C=CC(C)Oc1ccc2ccccc2c1[B-](F)(F)F.[K+]. The fraction of sp³-hybridized carbons (Fsp3) is 0.143. The Hall–Kier alpha value is -0.269. The second-order valence-electron chi connectivity index (χ2n) is 4.33. The fourth-order valence-corrected chi connectivity index (χ4v) is 1.96. The molecular formula is C14H13BF3KO. The summed E-state index contributed by atoms with van der Waals surface area (Å²) in [6.07, 6.45) is 0.987. The van der Waals surface area contributed by atoms with E-state index in [0.717, 1.165) is 0 Å². The molecule has 6 heteroatoms. The van der Waals surface area contributed by atoms with Gasteiger partial charge >= 0.3 is 58.4 Å². The second-order valence-corrected chi connectivity index (χ2v) is 4.33. The number of hydrogen-bond acceptors (Lipinski definition) is 1. The van der Waals surface area contributed by atoms with Gasteiger partial charge in [-0.3, -0.25) is 0 Å². The van der Waals surface area contributed by atoms with Crippen molar-refractivity contribution in [1.29, 1.82) is 0 Å². The predicted molar refractivity (Wildman–Crippen MR) is 72.9 cm³/mol. The van der Waals surface area contributed by atoms with Crippen LogP contribution in [0.5, 0.6) is 5.75 Å². The summed E-state index contributed by atoms with van der Waals surface area (Å²) in [5, 5.41) is 0.721. The molecule has 20 heavy (non-hydrogen) atoms. The average Bonchev–Trinajstić information content (AvgIpc) is 2.36. The zero-order chi connectivity index (χ0) is 14.0. The normalized spacial score (nSPS) is 12.6. The summed E-state index contributed by atoms with van der Waals surface area (Å²) in [5.41, 5.74) is -0.674. The van der Waals surface area contributed by atoms with Gasteiger partial charge in [0.2, 0.25) is 0 Å². The van der Waals surface area contributed by atoms with Crippen molar-refractivity contribution in [3.8, 4) is 5.75 Å². The molecule has 0 amide bonds. The molecule has 0 radical (unpaired) electrons. The quantitative estimate of drug-likeness (QED) is 0.601. The first-order chi connectivity index (χ1) is 8.93. The molecule has 0 saturated heterocycles. The molecule has 0 aliphatic rings. The molecule has 0 aliphatic carbocycles. The van der Waals surface area contributed by atoms with Crippen LogP contribution in [0, 0.1) is 0 Å². The van der Waals surface area contributed by atoms with Gasteiger partial charge in [-0.25, -0.2) is 0 Å². The van der Waals surface area contributed by atoms with Crippen molar-refractivity contribution in [2.75, 3.05) is 0 Å². The summed E-state index contributed by atoms with van der Waals surface area (Å²) >= 11 is 0. The Morgan fingerprint density at radius 1 is 1.15 bits per heavy atom. The van der Waals surface area contributed by atoms with E-state index in [4.69, 9.17) is 4.74 Å². The Balaban J connectivity index is 0.00000200. The molecular weight excluding hydrogens is 291 g/mol. The van der Waals surface area contributed by atoms with Crippen molar-refractivity contribution >= 4 is 23.2 Å². The summed E-state index contributed by atoms with van der Waals surface area (Å²) in [7, 11) is 0. The molecule has 2 rings (SSSR count). The van der Waals surface area contributed by atoms with E-state index < -0.39 is 18.5 Å². The Bertz CT molecular complexity index is 613. The minimum Gasteiger partial charge on any atom is -0.490 e. The van der Waals surface area contributed by atoms with Crippen LogP contribution in [0.2, 0.25) is 0 Å². The standard InChI is InChI=1S/C14H13BF3O.K/c1-3-10(2)19-13-9-8-11-6-4-5-7-12(11)14(13)15(16,17)18;/h3-10H,1H2,2H3;/q-1;+1. The topological polar surface area (TPSA) is 9.23 Å². The van der Waals surface area contributed by atoms with Crippen LogP contribution in [0.15, 0.2) is 49.1 Å². The minimum absolute atomic E-state index is 0. The van der Waals surface area contributed by atoms with E-state index in [1.807, 2.05) is 0 Å². The monoisotopic (exact) mass is 304 g/mol. The van der Waals surface area contributed by atoms with E-state index in [1.54, 1.807) is 31.2 Å². The number of fused-ring (bicyclic) bond motifs is 1. The Morgan fingerprint density at radius 3 is 2.40 bits per heavy atom. The van der Waals surface area contributed by atoms with E-state index in [0.29, 0.717) is 5.39 Å². The maximum atomic E-state index is 13.3.